The Hall–Kier alpha value is -4.03. The Kier molecular flexibility index (Phi) is 21.8. The van der Waals surface area contributed by atoms with E-state index in [4.69, 9.17) is 4.74 Å². The van der Waals surface area contributed by atoms with Gasteiger partial charge in [0.05, 0.1) is 6.61 Å². The highest BCUT2D eigenvalue weighted by atomic mass is 16.5. The normalized spacial score (nSPS) is 19.1. The van der Waals surface area contributed by atoms with Crippen LogP contribution in [0.25, 0.3) is 0 Å². The molecule has 0 aromatic carbocycles. The third-order valence-corrected chi connectivity index (χ3v) is 11.1. The molecule has 2 aliphatic carbocycles. The number of carbonyl (C=O) groups is 3. The van der Waals surface area contributed by atoms with Crippen LogP contribution in [0.2, 0.25) is 0 Å². The van der Waals surface area contributed by atoms with E-state index in [-0.39, 0.29) is 34.8 Å². The summed E-state index contributed by atoms with van der Waals surface area (Å²) in [6, 6.07) is 0. The number of rotatable bonds is 22. The van der Waals surface area contributed by atoms with Crippen LogP contribution in [0.1, 0.15) is 140 Å². The van der Waals surface area contributed by atoms with E-state index >= 15 is 0 Å². The van der Waals surface area contributed by atoms with Gasteiger partial charge in [0.2, 0.25) is 11.8 Å². The Morgan fingerprint density at radius 3 is 1.74 bits per heavy atom. The molecule has 0 radical (unpaired) electrons. The van der Waals surface area contributed by atoms with Gasteiger partial charge in [-0.25, -0.2) is 0 Å². The third-order valence-electron chi connectivity index (χ3n) is 11.1. The molecule has 0 saturated carbocycles. The molecule has 1 unspecified atom stereocenters. The van der Waals surface area contributed by atoms with Gasteiger partial charge in [0.25, 0.3) is 0 Å². The van der Waals surface area contributed by atoms with Crippen LogP contribution in [0.3, 0.4) is 0 Å². The second-order valence-corrected chi connectivity index (χ2v) is 17.5. The number of allylic oxidation sites excluding steroid dienone is 19. The molecule has 57 heavy (non-hydrogen) atoms. The molecular formula is C51H76N2O4. The zero-order valence-electron chi connectivity index (χ0n) is 37.5. The van der Waals surface area contributed by atoms with Crippen LogP contribution >= 0.6 is 0 Å². The number of hydrogen-bond donors (Lipinski definition) is 2. The van der Waals surface area contributed by atoms with Crippen LogP contribution in [-0.2, 0) is 19.1 Å². The Labute approximate surface area is 347 Å². The molecule has 6 nitrogen and oxygen atoms in total. The lowest BCUT2D eigenvalue weighted by molar-refractivity contribution is -0.128. The van der Waals surface area contributed by atoms with Crippen LogP contribution in [-0.4, -0.2) is 43.9 Å². The predicted octanol–water partition coefficient (Wildman–Crippen LogP) is 12.1. The Morgan fingerprint density at radius 1 is 0.702 bits per heavy atom. The van der Waals surface area contributed by atoms with Gasteiger partial charge in [-0.1, -0.05) is 117 Å². The van der Waals surface area contributed by atoms with Crippen molar-refractivity contribution in [3.8, 4) is 0 Å². The van der Waals surface area contributed by atoms with Crippen LogP contribution in [0.4, 0.5) is 0 Å². The molecular weight excluding hydrogens is 705 g/mol. The second-order valence-electron chi connectivity index (χ2n) is 17.5. The number of nitrogens with one attached hydrogen (secondary N) is 2. The Balaban J connectivity index is 1.90. The highest BCUT2D eigenvalue weighted by molar-refractivity contribution is 5.94. The van der Waals surface area contributed by atoms with Gasteiger partial charge in [-0.05, 0) is 139 Å². The van der Waals surface area contributed by atoms with Gasteiger partial charge in [-0.15, -0.1) is 0 Å². The maximum atomic E-state index is 13.1. The molecule has 2 rings (SSSR count). The molecule has 0 spiro atoms. The molecule has 0 fully saturated rings. The number of carbonyl (C=O) groups excluding carboxylic acids is 3. The second kappa shape index (κ2) is 25.4. The molecule has 0 saturated heterocycles. The standard InChI is InChI=1S/C51H76N2O4/c1-12-57-34-33-53-49(56)44(37-45(54)35-40(4)21-15-19-38(2)26-28-46-42(6)23-17-30-50(46,8)9)25-13-14-32-52-48(55)36-41(5)22-16-20-39(3)27-29-47-43(7)24-18-31-51(47,10)11/h15-16,19-22,26-29,35-36,44H,12-14,17-18,23-25,30-34,37H2,1-11H3,(H,52,55)(H,53,56)/b21-15+,22-16+,28-26+,29-27+,38-19+,39-20+,40-35+,41-36+. The van der Waals surface area contributed by atoms with Gasteiger partial charge in [0.15, 0.2) is 5.78 Å². The summed E-state index contributed by atoms with van der Waals surface area (Å²) >= 11 is 0. The van der Waals surface area contributed by atoms with Crippen LogP contribution < -0.4 is 10.6 Å². The summed E-state index contributed by atoms with van der Waals surface area (Å²) in [5.41, 5.74) is 10.3. The van der Waals surface area contributed by atoms with E-state index in [1.165, 1.54) is 60.8 Å². The third kappa shape index (κ3) is 19.3. The first-order chi connectivity index (χ1) is 26.9. The topological polar surface area (TPSA) is 84.5 Å². The minimum atomic E-state index is -0.453. The monoisotopic (exact) mass is 781 g/mol. The maximum absolute atomic E-state index is 13.1. The van der Waals surface area contributed by atoms with E-state index in [1.807, 2.05) is 45.1 Å². The van der Waals surface area contributed by atoms with Crippen LogP contribution in [0.15, 0.2) is 117 Å². The number of unbranched alkanes of at least 4 members (excludes halogenated alkanes) is 1. The fourth-order valence-electron chi connectivity index (χ4n) is 7.76. The fraction of sp³-hybridized carbons (Fsp3) is 0.549. The van der Waals surface area contributed by atoms with Crippen molar-refractivity contribution >= 4 is 17.6 Å². The van der Waals surface area contributed by atoms with Crippen molar-refractivity contribution < 1.29 is 19.1 Å². The molecule has 2 aliphatic rings. The van der Waals surface area contributed by atoms with E-state index in [1.54, 1.807) is 12.2 Å². The molecule has 2 N–H and O–H groups in total. The highest BCUT2D eigenvalue weighted by Crippen LogP contribution is 2.41. The average molecular weight is 781 g/mol. The van der Waals surface area contributed by atoms with E-state index in [2.05, 4.69) is 102 Å². The molecule has 2 amide bonds. The van der Waals surface area contributed by atoms with E-state index in [9.17, 15) is 14.4 Å². The molecule has 0 aromatic heterocycles. The van der Waals surface area contributed by atoms with Gasteiger partial charge in [-0.2, -0.15) is 0 Å². The maximum Gasteiger partial charge on any atom is 0.244 e. The lowest BCUT2D eigenvalue weighted by Gasteiger charge is -2.33. The zero-order chi connectivity index (χ0) is 42.4. The highest BCUT2D eigenvalue weighted by Gasteiger charge is 2.27. The summed E-state index contributed by atoms with van der Waals surface area (Å²) in [4.78, 5) is 38.8. The minimum Gasteiger partial charge on any atom is -0.380 e. The molecule has 6 heteroatoms. The molecule has 0 bridgehead atoms. The molecule has 0 heterocycles. The molecule has 0 aromatic rings. The zero-order valence-corrected chi connectivity index (χ0v) is 37.5. The SMILES string of the molecule is CCOCCNC(=O)C(CCCCNC(=O)/C=C(C)/C=C/C=C(C)/C=C/C1=C(C)CCCC1(C)C)CC(=O)/C=C(C)/C=C/C=C(C)/C=C/C1=C(C)CCCC1(C)C. The quantitative estimate of drug-likeness (QED) is 0.0651. The van der Waals surface area contributed by atoms with Gasteiger partial charge in [-0.3, -0.25) is 14.4 Å². The van der Waals surface area contributed by atoms with Crippen LogP contribution in [0.5, 0.6) is 0 Å². The largest absolute Gasteiger partial charge is 0.380 e. The van der Waals surface area contributed by atoms with Gasteiger partial charge in [0, 0.05) is 38.1 Å². The molecule has 1 atom stereocenters. The molecule has 0 aliphatic heterocycles. The first-order valence-electron chi connectivity index (χ1n) is 21.4. The van der Waals surface area contributed by atoms with Gasteiger partial charge in [0.1, 0.15) is 0 Å². The lowest BCUT2D eigenvalue weighted by Crippen LogP contribution is -2.34. The summed E-state index contributed by atoms with van der Waals surface area (Å²) in [6.07, 6.45) is 33.5. The number of ketones is 1. The molecule has 314 valence electrons. The summed E-state index contributed by atoms with van der Waals surface area (Å²) in [5, 5.41) is 5.90. The number of hydrogen-bond acceptors (Lipinski definition) is 4. The van der Waals surface area contributed by atoms with Crippen molar-refractivity contribution in [3.63, 3.8) is 0 Å². The lowest BCUT2D eigenvalue weighted by atomic mass is 9.72. The summed E-state index contributed by atoms with van der Waals surface area (Å²) in [7, 11) is 0. The van der Waals surface area contributed by atoms with Crippen molar-refractivity contribution in [2.75, 3.05) is 26.3 Å². The van der Waals surface area contributed by atoms with E-state index < -0.39 is 5.92 Å². The first kappa shape index (κ1) is 49.1. The van der Waals surface area contributed by atoms with Crippen molar-refractivity contribution in [1.29, 1.82) is 0 Å². The van der Waals surface area contributed by atoms with Gasteiger partial charge >= 0.3 is 0 Å². The van der Waals surface area contributed by atoms with Crippen molar-refractivity contribution in [2.24, 2.45) is 16.7 Å². The van der Waals surface area contributed by atoms with Crippen molar-refractivity contribution in [3.05, 3.63) is 117 Å². The first-order valence-corrected chi connectivity index (χ1v) is 21.4. The predicted molar refractivity (Wildman–Crippen MR) is 242 cm³/mol. The number of ether oxygens (including phenoxy) is 1. The summed E-state index contributed by atoms with van der Waals surface area (Å²) in [5.74, 6) is -0.810. The summed E-state index contributed by atoms with van der Waals surface area (Å²) in [6.45, 7) is 25.6. The van der Waals surface area contributed by atoms with E-state index in [0.29, 0.717) is 45.6 Å². The Bertz CT molecular complexity index is 1680. The average Bonchev–Trinajstić information content (AvgIpc) is 3.11. The fourth-order valence-corrected chi connectivity index (χ4v) is 7.76. The van der Waals surface area contributed by atoms with Crippen LogP contribution in [0, 0.1) is 16.7 Å². The van der Waals surface area contributed by atoms with Crippen molar-refractivity contribution in [2.45, 2.75) is 140 Å². The number of amides is 2. The Morgan fingerprint density at radius 2 is 1.23 bits per heavy atom. The smallest absolute Gasteiger partial charge is 0.244 e. The van der Waals surface area contributed by atoms with Gasteiger partial charge < -0.3 is 15.4 Å². The minimum absolute atomic E-state index is 0.0756. The van der Waals surface area contributed by atoms with E-state index in [0.717, 1.165) is 22.3 Å². The summed E-state index contributed by atoms with van der Waals surface area (Å²) < 4.78 is 5.38. The van der Waals surface area contributed by atoms with Crippen molar-refractivity contribution in [1.82, 2.24) is 10.6 Å².